The summed E-state index contributed by atoms with van der Waals surface area (Å²) < 4.78 is 5.14. The van der Waals surface area contributed by atoms with Crippen molar-refractivity contribution in [3.05, 3.63) is 64.7 Å². The zero-order valence-electron chi connectivity index (χ0n) is 12.4. The van der Waals surface area contributed by atoms with Crippen molar-refractivity contribution >= 4 is 23.4 Å². The summed E-state index contributed by atoms with van der Waals surface area (Å²) in [6.45, 7) is 3.41. The van der Waals surface area contributed by atoms with Gasteiger partial charge in [0, 0.05) is 5.56 Å². The van der Waals surface area contributed by atoms with Crippen molar-refractivity contribution in [2.75, 3.05) is 24.3 Å². The van der Waals surface area contributed by atoms with Gasteiger partial charge in [0.1, 0.15) is 0 Å². The fourth-order valence-electron chi connectivity index (χ4n) is 2.31. The SMILES string of the molecule is Cc1cc(C(=O)Nc2ccccc2N)ccc1C=C1COC1. The molecule has 3 rings (SSSR count). The Morgan fingerprint density at radius 2 is 2.00 bits per heavy atom. The number of anilines is 2. The lowest BCUT2D eigenvalue weighted by molar-refractivity contribution is 0.102. The summed E-state index contributed by atoms with van der Waals surface area (Å²) in [7, 11) is 0. The Morgan fingerprint density at radius 1 is 1.23 bits per heavy atom. The summed E-state index contributed by atoms with van der Waals surface area (Å²) in [6, 6.07) is 12.9. The van der Waals surface area contributed by atoms with Crippen molar-refractivity contribution in [3.63, 3.8) is 0 Å². The van der Waals surface area contributed by atoms with Gasteiger partial charge in [0.25, 0.3) is 5.91 Å². The van der Waals surface area contributed by atoms with Crippen LogP contribution in [0.25, 0.3) is 6.08 Å². The Hall–Kier alpha value is -2.59. The molecule has 4 heteroatoms. The zero-order chi connectivity index (χ0) is 15.5. The van der Waals surface area contributed by atoms with Crippen LogP contribution in [-0.2, 0) is 4.74 Å². The number of nitrogens with two attached hydrogens (primary N) is 1. The smallest absolute Gasteiger partial charge is 0.255 e. The third kappa shape index (κ3) is 3.02. The summed E-state index contributed by atoms with van der Waals surface area (Å²) in [4.78, 5) is 12.3. The first-order valence-electron chi connectivity index (χ1n) is 7.17. The Bertz CT molecular complexity index is 745. The molecule has 1 aliphatic heterocycles. The molecule has 1 fully saturated rings. The highest BCUT2D eigenvalue weighted by Crippen LogP contribution is 2.21. The Labute approximate surface area is 129 Å². The van der Waals surface area contributed by atoms with Gasteiger partial charge in [0.2, 0.25) is 0 Å². The van der Waals surface area contributed by atoms with Gasteiger partial charge in [-0.25, -0.2) is 0 Å². The summed E-state index contributed by atoms with van der Waals surface area (Å²) in [5.74, 6) is -0.160. The fraction of sp³-hybridized carbons (Fsp3) is 0.167. The molecule has 112 valence electrons. The van der Waals surface area contributed by atoms with E-state index in [1.165, 1.54) is 5.57 Å². The second kappa shape index (κ2) is 6.03. The third-order valence-electron chi connectivity index (χ3n) is 3.68. The molecular weight excluding hydrogens is 276 g/mol. The summed E-state index contributed by atoms with van der Waals surface area (Å²) in [5.41, 5.74) is 11.1. The van der Waals surface area contributed by atoms with E-state index in [0.717, 1.165) is 11.1 Å². The van der Waals surface area contributed by atoms with Gasteiger partial charge in [0.05, 0.1) is 24.6 Å². The van der Waals surface area contributed by atoms with Crippen LogP contribution in [0.15, 0.2) is 48.0 Å². The molecule has 4 nitrogen and oxygen atoms in total. The van der Waals surface area contributed by atoms with Gasteiger partial charge in [-0.05, 0) is 47.9 Å². The Balaban J connectivity index is 1.78. The Morgan fingerprint density at radius 3 is 2.64 bits per heavy atom. The average molecular weight is 294 g/mol. The third-order valence-corrected chi connectivity index (χ3v) is 3.68. The van der Waals surface area contributed by atoms with Crippen LogP contribution in [0.3, 0.4) is 0 Å². The van der Waals surface area contributed by atoms with Gasteiger partial charge in [-0.3, -0.25) is 4.79 Å². The molecule has 0 atom stereocenters. The first-order valence-corrected chi connectivity index (χ1v) is 7.17. The first kappa shape index (κ1) is 14.4. The molecule has 0 radical (unpaired) electrons. The van der Waals surface area contributed by atoms with E-state index in [4.69, 9.17) is 10.5 Å². The minimum absolute atomic E-state index is 0.160. The summed E-state index contributed by atoms with van der Waals surface area (Å²) in [6.07, 6.45) is 2.12. The molecule has 2 aromatic carbocycles. The summed E-state index contributed by atoms with van der Waals surface area (Å²) in [5, 5.41) is 2.84. The molecule has 3 N–H and O–H groups in total. The highest BCUT2D eigenvalue weighted by molar-refractivity contribution is 6.06. The van der Waals surface area contributed by atoms with Gasteiger partial charge in [-0.2, -0.15) is 0 Å². The lowest BCUT2D eigenvalue weighted by atomic mass is 10.0. The van der Waals surface area contributed by atoms with E-state index in [9.17, 15) is 4.79 Å². The number of hydrogen-bond donors (Lipinski definition) is 2. The Kier molecular flexibility index (Phi) is 3.94. The molecule has 0 saturated carbocycles. The topological polar surface area (TPSA) is 64.4 Å². The summed E-state index contributed by atoms with van der Waals surface area (Å²) >= 11 is 0. The molecule has 0 aromatic heterocycles. The predicted octanol–water partition coefficient (Wildman–Crippen LogP) is 3.24. The van der Waals surface area contributed by atoms with Crippen molar-refractivity contribution in [2.45, 2.75) is 6.92 Å². The van der Waals surface area contributed by atoms with E-state index in [0.29, 0.717) is 30.2 Å². The second-order valence-electron chi connectivity index (χ2n) is 5.41. The quantitative estimate of drug-likeness (QED) is 0.854. The van der Waals surface area contributed by atoms with E-state index in [-0.39, 0.29) is 5.91 Å². The monoisotopic (exact) mass is 294 g/mol. The highest BCUT2D eigenvalue weighted by Gasteiger charge is 2.11. The number of nitrogens with one attached hydrogen (secondary N) is 1. The van der Waals surface area contributed by atoms with E-state index in [2.05, 4.69) is 11.4 Å². The fourth-order valence-corrected chi connectivity index (χ4v) is 2.31. The number of benzene rings is 2. The highest BCUT2D eigenvalue weighted by atomic mass is 16.5. The largest absolute Gasteiger partial charge is 0.397 e. The first-order chi connectivity index (χ1) is 10.6. The van der Waals surface area contributed by atoms with Crippen LogP contribution in [0.2, 0.25) is 0 Å². The predicted molar refractivity (Wildman–Crippen MR) is 88.8 cm³/mol. The van der Waals surface area contributed by atoms with Crippen molar-refractivity contribution < 1.29 is 9.53 Å². The molecule has 0 unspecified atom stereocenters. The van der Waals surface area contributed by atoms with E-state index >= 15 is 0 Å². The van der Waals surface area contributed by atoms with E-state index in [1.807, 2.05) is 37.3 Å². The molecule has 1 saturated heterocycles. The maximum atomic E-state index is 12.3. The molecule has 0 bridgehead atoms. The number of para-hydroxylation sites is 2. The number of amides is 1. The second-order valence-corrected chi connectivity index (χ2v) is 5.41. The van der Waals surface area contributed by atoms with Crippen LogP contribution < -0.4 is 11.1 Å². The van der Waals surface area contributed by atoms with Gasteiger partial charge in [0.15, 0.2) is 0 Å². The van der Waals surface area contributed by atoms with Crippen molar-refractivity contribution in [2.24, 2.45) is 0 Å². The molecule has 1 heterocycles. The van der Waals surface area contributed by atoms with Crippen LogP contribution in [0.5, 0.6) is 0 Å². The van der Waals surface area contributed by atoms with E-state index in [1.54, 1.807) is 12.1 Å². The zero-order valence-corrected chi connectivity index (χ0v) is 12.4. The minimum atomic E-state index is -0.160. The van der Waals surface area contributed by atoms with Gasteiger partial charge in [-0.15, -0.1) is 0 Å². The van der Waals surface area contributed by atoms with Gasteiger partial charge < -0.3 is 15.8 Å². The molecule has 22 heavy (non-hydrogen) atoms. The average Bonchev–Trinajstić information content (AvgIpc) is 2.46. The van der Waals surface area contributed by atoms with Crippen molar-refractivity contribution in [1.82, 2.24) is 0 Å². The van der Waals surface area contributed by atoms with Gasteiger partial charge in [-0.1, -0.05) is 24.3 Å². The maximum absolute atomic E-state index is 12.3. The van der Waals surface area contributed by atoms with Crippen LogP contribution in [0.4, 0.5) is 11.4 Å². The number of hydrogen-bond acceptors (Lipinski definition) is 3. The van der Waals surface area contributed by atoms with Crippen molar-refractivity contribution in [3.8, 4) is 0 Å². The minimum Gasteiger partial charge on any atom is -0.397 e. The molecule has 1 aliphatic rings. The van der Waals surface area contributed by atoms with E-state index < -0.39 is 0 Å². The molecule has 1 amide bonds. The number of nitrogen functional groups attached to an aromatic ring is 1. The number of carbonyl (C=O) groups is 1. The lowest BCUT2D eigenvalue weighted by Crippen LogP contribution is -2.16. The number of rotatable bonds is 3. The van der Waals surface area contributed by atoms with Crippen molar-refractivity contribution in [1.29, 1.82) is 0 Å². The van der Waals surface area contributed by atoms with Gasteiger partial charge >= 0.3 is 0 Å². The molecule has 0 spiro atoms. The maximum Gasteiger partial charge on any atom is 0.255 e. The van der Waals surface area contributed by atoms with Crippen LogP contribution in [0.1, 0.15) is 21.5 Å². The van der Waals surface area contributed by atoms with Crippen LogP contribution in [-0.4, -0.2) is 19.1 Å². The van der Waals surface area contributed by atoms with Crippen LogP contribution in [0, 0.1) is 6.92 Å². The molecule has 2 aromatic rings. The standard InChI is InChI=1S/C18H18N2O2/c1-12-8-15(7-6-14(12)9-13-10-22-11-13)18(21)20-17-5-3-2-4-16(17)19/h2-9H,10-11,19H2,1H3,(H,20,21). The number of ether oxygens (including phenoxy) is 1. The number of carbonyl (C=O) groups excluding carboxylic acids is 1. The lowest BCUT2D eigenvalue weighted by Gasteiger charge is -2.18. The number of aryl methyl sites for hydroxylation is 1. The molecule has 0 aliphatic carbocycles. The normalized spacial score (nSPS) is 13.4. The molecular formula is C18H18N2O2. The van der Waals surface area contributed by atoms with Crippen LogP contribution >= 0.6 is 0 Å².